The van der Waals surface area contributed by atoms with E-state index in [-0.39, 0.29) is 29.1 Å². The van der Waals surface area contributed by atoms with Gasteiger partial charge >= 0.3 is 0 Å². The Morgan fingerprint density at radius 1 is 1.31 bits per heavy atom. The van der Waals surface area contributed by atoms with E-state index in [0.717, 1.165) is 38.8 Å². The van der Waals surface area contributed by atoms with Crippen LogP contribution in [-0.4, -0.2) is 52.6 Å². The van der Waals surface area contributed by atoms with Gasteiger partial charge in [0.05, 0.1) is 6.04 Å². The first-order valence-electron chi connectivity index (χ1n) is 9.24. The molecular formula is C20H24FN3O2. The molecule has 0 aliphatic carbocycles. The lowest BCUT2D eigenvalue weighted by Gasteiger charge is -2.55. The summed E-state index contributed by atoms with van der Waals surface area (Å²) in [5, 5.41) is 3.93. The number of nitrogens with zero attached hydrogens (tertiary/aromatic N) is 3. The number of likely N-dealkylation sites (N-methyl/N-ethyl adjacent to an activating group) is 1. The van der Waals surface area contributed by atoms with Gasteiger partial charge in [-0.2, -0.15) is 0 Å². The number of fused-ring (bicyclic) bond motifs is 1. The summed E-state index contributed by atoms with van der Waals surface area (Å²) in [6.07, 6.45) is 4.14. The molecule has 1 amide bonds. The lowest BCUT2D eigenvalue weighted by atomic mass is 9.76. The second-order valence-electron chi connectivity index (χ2n) is 7.60. The monoisotopic (exact) mass is 357 g/mol. The summed E-state index contributed by atoms with van der Waals surface area (Å²) in [5.41, 5.74) is 0.698. The predicted molar refractivity (Wildman–Crippen MR) is 96.2 cm³/mol. The average Bonchev–Trinajstić information content (AvgIpc) is 3.12. The molecule has 2 aliphatic heterocycles. The number of benzene rings is 1. The minimum absolute atomic E-state index is 0.000545. The van der Waals surface area contributed by atoms with Crippen LogP contribution >= 0.6 is 0 Å². The summed E-state index contributed by atoms with van der Waals surface area (Å²) in [4.78, 5) is 17.4. The van der Waals surface area contributed by atoms with E-state index >= 15 is 0 Å². The number of hydrogen-bond donors (Lipinski definition) is 0. The fourth-order valence-electron chi connectivity index (χ4n) is 4.51. The van der Waals surface area contributed by atoms with Crippen LogP contribution in [0.4, 0.5) is 4.39 Å². The zero-order valence-corrected chi connectivity index (χ0v) is 15.2. The molecule has 0 bridgehead atoms. The number of carbonyl (C=O) groups excluding carboxylic acids is 1. The normalized spacial score (nSPS) is 26.6. The molecule has 2 saturated heterocycles. The van der Waals surface area contributed by atoms with Crippen LogP contribution in [-0.2, 0) is 0 Å². The second-order valence-corrected chi connectivity index (χ2v) is 7.60. The van der Waals surface area contributed by atoms with Gasteiger partial charge in [-0.05, 0) is 58.3 Å². The Kier molecular flexibility index (Phi) is 4.31. The van der Waals surface area contributed by atoms with Crippen LogP contribution in [0.25, 0.3) is 11.3 Å². The zero-order chi connectivity index (χ0) is 18.3. The van der Waals surface area contributed by atoms with Gasteiger partial charge in [0.2, 0.25) is 5.76 Å². The molecule has 6 heteroatoms. The Bertz CT molecular complexity index is 821. The maximum absolute atomic E-state index is 14.0. The second kappa shape index (κ2) is 6.50. The van der Waals surface area contributed by atoms with Crippen molar-refractivity contribution in [3.8, 4) is 11.3 Å². The third-order valence-corrected chi connectivity index (χ3v) is 6.15. The van der Waals surface area contributed by atoms with Gasteiger partial charge in [0.25, 0.3) is 5.91 Å². The van der Waals surface area contributed by atoms with Gasteiger partial charge < -0.3 is 9.42 Å². The largest absolute Gasteiger partial charge is 0.350 e. The standard InChI is InChI=1S/C20H24FN3O2/c1-20-10-6-12-24(18(20)9-5-11-23(20)2)19(25)17-13-16(22-26-17)14-7-3-4-8-15(14)21/h3-4,7-8,13,18H,5-6,9-12H2,1-2H3/t18-,20-/m0/s1. The molecule has 2 aliphatic rings. The molecule has 0 radical (unpaired) electrons. The van der Waals surface area contributed by atoms with Crippen LogP contribution in [0.2, 0.25) is 0 Å². The van der Waals surface area contributed by atoms with Crippen LogP contribution in [0, 0.1) is 5.82 Å². The molecule has 2 fully saturated rings. The number of likely N-dealkylation sites (tertiary alicyclic amines) is 2. The van der Waals surface area contributed by atoms with Crippen molar-refractivity contribution >= 4 is 5.91 Å². The van der Waals surface area contributed by atoms with E-state index in [1.807, 2.05) is 4.90 Å². The fourth-order valence-corrected chi connectivity index (χ4v) is 4.51. The Morgan fingerprint density at radius 3 is 2.92 bits per heavy atom. The Labute approximate surface area is 152 Å². The molecule has 0 N–H and O–H groups in total. The number of aromatic nitrogens is 1. The lowest BCUT2D eigenvalue weighted by Crippen LogP contribution is -2.66. The summed E-state index contributed by atoms with van der Waals surface area (Å²) >= 11 is 0. The van der Waals surface area contributed by atoms with E-state index < -0.39 is 0 Å². The van der Waals surface area contributed by atoms with Crippen molar-refractivity contribution in [1.82, 2.24) is 15.0 Å². The van der Waals surface area contributed by atoms with Crippen LogP contribution < -0.4 is 0 Å². The Morgan fingerprint density at radius 2 is 2.12 bits per heavy atom. The highest BCUT2D eigenvalue weighted by Gasteiger charge is 2.47. The van der Waals surface area contributed by atoms with Gasteiger partial charge in [-0.25, -0.2) is 4.39 Å². The van der Waals surface area contributed by atoms with Crippen LogP contribution in [0.3, 0.4) is 0 Å². The molecule has 26 heavy (non-hydrogen) atoms. The Balaban J connectivity index is 1.61. The zero-order valence-electron chi connectivity index (χ0n) is 15.2. The third kappa shape index (κ3) is 2.72. The third-order valence-electron chi connectivity index (χ3n) is 6.15. The minimum atomic E-state index is -0.376. The minimum Gasteiger partial charge on any atom is -0.350 e. The van der Waals surface area contributed by atoms with Crippen LogP contribution in [0.5, 0.6) is 0 Å². The first kappa shape index (κ1) is 17.2. The maximum Gasteiger partial charge on any atom is 0.292 e. The van der Waals surface area contributed by atoms with E-state index in [9.17, 15) is 9.18 Å². The molecule has 0 spiro atoms. The van der Waals surface area contributed by atoms with Crippen LogP contribution in [0.1, 0.15) is 43.2 Å². The highest BCUT2D eigenvalue weighted by molar-refractivity contribution is 5.93. The first-order valence-corrected chi connectivity index (χ1v) is 9.24. The van der Waals surface area contributed by atoms with Gasteiger partial charge in [0.1, 0.15) is 11.5 Å². The smallest absolute Gasteiger partial charge is 0.292 e. The Hall–Kier alpha value is -2.21. The van der Waals surface area contributed by atoms with E-state index in [0.29, 0.717) is 11.3 Å². The molecule has 138 valence electrons. The van der Waals surface area contributed by atoms with Gasteiger partial charge in [-0.3, -0.25) is 9.69 Å². The molecule has 0 unspecified atom stereocenters. The van der Waals surface area contributed by atoms with Crippen molar-refractivity contribution in [3.63, 3.8) is 0 Å². The highest BCUT2D eigenvalue weighted by atomic mass is 19.1. The van der Waals surface area contributed by atoms with Crippen molar-refractivity contribution in [1.29, 1.82) is 0 Å². The summed E-state index contributed by atoms with van der Waals surface area (Å²) in [5.74, 6) is -0.341. The van der Waals surface area contributed by atoms with E-state index in [2.05, 4.69) is 24.0 Å². The lowest BCUT2D eigenvalue weighted by molar-refractivity contribution is -0.0360. The molecule has 1 aromatic heterocycles. The first-order chi connectivity index (χ1) is 12.5. The molecule has 2 aromatic rings. The van der Waals surface area contributed by atoms with Crippen molar-refractivity contribution in [2.75, 3.05) is 20.1 Å². The van der Waals surface area contributed by atoms with Crippen LogP contribution in [0.15, 0.2) is 34.9 Å². The molecule has 0 saturated carbocycles. The number of piperidine rings is 2. The van der Waals surface area contributed by atoms with Gasteiger partial charge in [-0.15, -0.1) is 0 Å². The summed E-state index contributed by atoms with van der Waals surface area (Å²) < 4.78 is 19.3. The molecule has 2 atom stereocenters. The number of halogens is 1. The SMILES string of the molecule is CN1CCC[C@@H]2N(C(=O)c3cc(-c4ccccc4F)no3)CCC[C@@]21C. The molecule has 3 heterocycles. The van der Waals surface area contributed by atoms with Gasteiger partial charge in [-0.1, -0.05) is 17.3 Å². The summed E-state index contributed by atoms with van der Waals surface area (Å²) in [7, 11) is 2.14. The topological polar surface area (TPSA) is 49.6 Å². The van der Waals surface area contributed by atoms with Crippen molar-refractivity contribution in [2.45, 2.75) is 44.2 Å². The summed E-state index contributed by atoms with van der Waals surface area (Å²) in [6.45, 7) is 4.04. The maximum atomic E-state index is 14.0. The van der Waals surface area contributed by atoms with Crippen molar-refractivity contribution in [2.24, 2.45) is 0 Å². The number of hydrogen-bond acceptors (Lipinski definition) is 4. The van der Waals surface area contributed by atoms with Crippen molar-refractivity contribution in [3.05, 3.63) is 41.9 Å². The number of carbonyl (C=O) groups is 1. The van der Waals surface area contributed by atoms with Gasteiger partial charge in [0, 0.05) is 23.7 Å². The molecule has 5 nitrogen and oxygen atoms in total. The number of amides is 1. The molecule has 4 rings (SSSR count). The van der Waals surface area contributed by atoms with E-state index in [4.69, 9.17) is 4.52 Å². The average molecular weight is 357 g/mol. The quantitative estimate of drug-likeness (QED) is 0.824. The molecule has 1 aromatic carbocycles. The summed E-state index contributed by atoms with van der Waals surface area (Å²) in [6, 6.07) is 8.10. The highest BCUT2D eigenvalue weighted by Crippen LogP contribution is 2.38. The molecular weight excluding hydrogens is 333 g/mol. The fraction of sp³-hybridized carbons (Fsp3) is 0.500. The van der Waals surface area contributed by atoms with E-state index in [1.165, 1.54) is 6.07 Å². The van der Waals surface area contributed by atoms with Crippen molar-refractivity contribution < 1.29 is 13.7 Å². The number of rotatable bonds is 2. The predicted octanol–water partition coefficient (Wildman–Crippen LogP) is 3.57. The van der Waals surface area contributed by atoms with Gasteiger partial charge in [0.15, 0.2) is 0 Å². The van der Waals surface area contributed by atoms with E-state index in [1.54, 1.807) is 24.3 Å².